The first-order chi connectivity index (χ1) is 6.71. The van der Waals surface area contributed by atoms with Crippen LogP contribution in [-0.2, 0) is 12.1 Å². The molecule has 0 fully saturated rings. The molecule has 1 aromatic rings. The van der Waals surface area contributed by atoms with E-state index in [1.54, 1.807) is 13.2 Å². The first-order valence-corrected chi connectivity index (χ1v) is 4.76. The van der Waals surface area contributed by atoms with E-state index in [2.05, 4.69) is 0 Å². The molecule has 0 spiro atoms. The summed E-state index contributed by atoms with van der Waals surface area (Å²) in [4.78, 5) is 0. The van der Waals surface area contributed by atoms with Crippen molar-refractivity contribution in [2.75, 3.05) is 13.7 Å². The van der Waals surface area contributed by atoms with E-state index in [4.69, 9.17) is 10.5 Å². The van der Waals surface area contributed by atoms with Gasteiger partial charge in [0.1, 0.15) is 5.75 Å². The molecule has 1 aliphatic carbocycles. The van der Waals surface area contributed by atoms with Crippen molar-refractivity contribution in [3.05, 3.63) is 29.3 Å². The van der Waals surface area contributed by atoms with Gasteiger partial charge in [-0.1, -0.05) is 12.1 Å². The summed E-state index contributed by atoms with van der Waals surface area (Å²) in [6.45, 7) is 0.0281. The molecule has 0 radical (unpaired) electrons. The maximum atomic E-state index is 14.3. The Hall–Kier alpha value is -1.09. The number of ether oxygens (including phenoxy) is 1. The van der Waals surface area contributed by atoms with Crippen molar-refractivity contribution >= 4 is 0 Å². The average Bonchev–Trinajstić information content (AvgIpc) is 2.58. The zero-order valence-electron chi connectivity index (χ0n) is 8.22. The number of hydrogen-bond acceptors (Lipinski definition) is 2. The molecule has 0 amide bonds. The molecule has 0 aliphatic heterocycles. The summed E-state index contributed by atoms with van der Waals surface area (Å²) in [5, 5.41) is 0. The first-order valence-electron chi connectivity index (χ1n) is 4.76. The van der Waals surface area contributed by atoms with Crippen molar-refractivity contribution in [3.63, 3.8) is 0 Å². The number of rotatable bonds is 2. The summed E-state index contributed by atoms with van der Waals surface area (Å²) in [5.41, 5.74) is 5.77. The molecule has 1 unspecified atom stereocenters. The van der Waals surface area contributed by atoms with Crippen LogP contribution in [0.1, 0.15) is 17.5 Å². The molecule has 0 saturated heterocycles. The van der Waals surface area contributed by atoms with Gasteiger partial charge in [0.25, 0.3) is 0 Å². The topological polar surface area (TPSA) is 35.2 Å². The molecule has 1 aliphatic rings. The van der Waals surface area contributed by atoms with Gasteiger partial charge in [0, 0.05) is 12.1 Å². The summed E-state index contributed by atoms with van der Waals surface area (Å²) in [6.07, 6.45) is 1.22. The van der Waals surface area contributed by atoms with Crippen molar-refractivity contribution in [3.8, 4) is 5.75 Å². The Morgan fingerprint density at radius 3 is 3.00 bits per heavy atom. The molecular weight excluding hydrogens is 181 g/mol. The number of methoxy groups -OCH3 is 1. The molecule has 0 bridgehead atoms. The number of nitrogens with two attached hydrogens (primary N) is 1. The van der Waals surface area contributed by atoms with Gasteiger partial charge in [0.2, 0.25) is 0 Å². The standard InChI is InChI=1S/C11H14FNO/c1-14-9-4-2-3-8-5-6-11(12,7-13)10(8)9/h2-4H,5-7,13H2,1H3. The van der Waals surface area contributed by atoms with Crippen LogP contribution in [0.5, 0.6) is 5.75 Å². The quantitative estimate of drug-likeness (QED) is 0.780. The predicted octanol–water partition coefficient (Wildman–Crippen LogP) is 1.76. The fourth-order valence-corrected chi connectivity index (χ4v) is 2.13. The average molecular weight is 195 g/mol. The number of fused-ring (bicyclic) bond motifs is 1. The monoisotopic (exact) mass is 195 g/mol. The largest absolute Gasteiger partial charge is 0.496 e. The molecule has 0 saturated carbocycles. The number of alkyl halides is 1. The van der Waals surface area contributed by atoms with E-state index in [1.807, 2.05) is 12.1 Å². The highest BCUT2D eigenvalue weighted by Crippen LogP contribution is 2.44. The van der Waals surface area contributed by atoms with E-state index in [1.165, 1.54) is 0 Å². The summed E-state index contributed by atoms with van der Waals surface area (Å²) in [6, 6.07) is 5.61. The summed E-state index contributed by atoms with van der Waals surface area (Å²) < 4.78 is 19.4. The summed E-state index contributed by atoms with van der Waals surface area (Å²) >= 11 is 0. The normalized spacial score (nSPS) is 24.8. The van der Waals surface area contributed by atoms with Crippen LogP contribution in [0.15, 0.2) is 18.2 Å². The fourth-order valence-electron chi connectivity index (χ4n) is 2.13. The maximum Gasteiger partial charge on any atom is 0.152 e. The lowest BCUT2D eigenvalue weighted by atomic mass is 9.97. The third kappa shape index (κ3) is 1.20. The van der Waals surface area contributed by atoms with Crippen LogP contribution in [0.25, 0.3) is 0 Å². The van der Waals surface area contributed by atoms with Gasteiger partial charge in [-0.2, -0.15) is 0 Å². The Morgan fingerprint density at radius 2 is 2.36 bits per heavy atom. The highest BCUT2D eigenvalue weighted by Gasteiger charge is 2.40. The van der Waals surface area contributed by atoms with Crippen LogP contribution in [0, 0.1) is 0 Å². The number of aryl methyl sites for hydroxylation is 1. The van der Waals surface area contributed by atoms with Crippen molar-refractivity contribution in [1.29, 1.82) is 0 Å². The van der Waals surface area contributed by atoms with Gasteiger partial charge in [0.05, 0.1) is 7.11 Å². The van der Waals surface area contributed by atoms with Crippen molar-refractivity contribution in [1.82, 2.24) is 0 Å². The van der Waals surface area contributed by atoms with Crippen LogP contribution in [0.3, 0.4) is 0 Å². The molecule has 2 N–H and O–H groups in total. The lowest BCUT2D eigenvalue weighted by Crippen LogP contribution is -2.28. The van der Waals surface area contributed by atoms with Gasteiger partial charge < -0.3 is 10.5 Å². The second-order valence-electron chi connectivity index (χ2n) is 3.66. The number of halogens is 1. The Labute approximate surface area is 82.9 Å². The molecule has 1 atom stereocenters. The van der Waals surface area contributed by atoms with Crippen LogP contribution in [0.2, 0.25) is 0 Å². The minimum atomic E-state index is -1.39. The molecule has 2 nitrogen and oxygen atoms in total. The van der Waals surface area contributed by atoms with Crippen molar-refractivity contribution < 1.29 is 9.13 Å². The Kier molecular flexibility index (Phi) is 2.19. The van der Waals surface area contributed by atoms with Crippen LogP contribution >= 0.6 is 0 Å². The van der Waals surface area contributed by atoms with Crippen molar-refractivity contribution in [2.24, 2.45) is 5.73 Å². The van der Waals surface area contributed by atoms with E-state index in [9.17, 15) is 4.39 Å². The SMILES string of the molecule is COc1cccc2c1C(F)(CN)CC2. The minimum Gasteiger partial charge on any atom is -0.496 e. The lowest BCUT2D eigenvalue weighted by molar-refractivity contribution is 0.172. The minimum absolute atomic E-state index is 0.0281. The highest BCUT2D eigenvalue weighted by atomic mass is 19.1. The molecule has 3 heteroatoms. The number of benzene rings is 1. The van der Waals surface area contributed by atoms with E-state index < -0.39 is 5.67 Å². The Morgan fingerprint density at radius 1 is 1.57 bits per heavy atom. The van der Waals surface area contributed by atoms with Gasteiger partial charge in [0.15, 0.2) is 5.67 Å². The van der Waals surface area contributed by atoms with Gasteiger partial charge >= 0.3 is 0 Å². The van der Waals surface area contributed by atoms with Gasteiger partial charge in [-0.05, 0) is 24.5 Å². The summed E-state index contributed by atoms with van der Waals surface area (Å²) in [7, 11) is 1.56. The third-order valence-electron chi connectivity index (χ3n) is 2.89. The second kappa shape index (κ2) is 3.24. The zero-order chi connectivity index (χ0) is 10.2. The van der Waals surface area contributed by atoms with Crippen LogP contribution < -0.4 is 10.5 Å². The molecule has 0 heterocycles. The van der Waals surface area contributed by atoms with Gasteiger partial charge in [-0.3, -0.25) is 0 Å². The van der Waals surface area contributed by atoms with E-state index >= 15 is 0 Å². The number of hydrogen-bond donors (Lipinski definition) is 1. The highest BCUT2D eigenvalue weighted by molar-refractivity contribution is 5.48. The van der Waals surface area contributed by atoms with Gasteiger partial charge in [-0.25, -0.2) is 4.39 Å². The molecule has 76 valence electrons. The molecule has 14 heavy (non-hydrogen) atoms. The zero-order valence-corrected chi connectivity index (χ0v) is 8.22. The Bertz CT molecular complexity index is 353. The lowest BCUT2D eigenvalue weighted by Gasteiger charge is -2.20. The van der Waals surface area contributed by atoms with E-state index in [-0.39, 0.29) is 6.54 Å². The van der Waals surface area contributed by atoms with Crippen LogP contribution in [-0.4, -0.2) is 13.7 Å². The molecule has 1 aromatic carbocycles. The Balaban J connectivity index is 2.56. The van der Waals surface area contributed by atoms with Crippen molar-refractivity contribution in [2.45, 2.75) is 18.5 Å². The fraction of sp³-hybridized carbons (Fsp3) is 0.455. The smallest absolute Gasteiger partial charge is 0.152 e. The van der Waals surface area contributed by atoms with E-state index in [0.717, 1.165) is 12.0 Å². The second-order valence-corrected chi connectivity index (χ2v) is 3.66. The predicted molar refractivity (Wildman–Crippen MR) is 53.2 cm³/mol. The van der Waals surface area contributed by atoms with Crippen LogP contribution in [0.4, 0.5) is 4.39 Å². The molecule has 2 rings (SSSR count). The maximum absolute atomic E-state index is 14.3. The summed E-state index contributed by atoms with van der Waals surface area (Å²) in [5.74, 6) is 0.618. The first kappa shape index (κ1) is 9.46. The van der Waals surface area contributed by atoms with Gasteiger partial charge in [-0.15, -0.1) is 0 Å². The molecular formula is C11H14FNO. The van der Waals surface area contributed by atoms with E-state index in [0.29, 0.717) is 17.7 Å². The third-order valence-corrected chi connectivity index (χ3v) is 2.89. The molecule has 0 aromatic heterocycles.